The van der Waals surface area contributed by atoms with Crippen molar-refractivity contribution < 1.29 is 14.3 Å². The van der Waals surface area contributed by atoms with Gasteiger partial charge in [0, 0.05) is 18.7 Å². The van der Waals surface area contributed by atoms with Gasteiger partial charge in [0.1, 0.15) is 16.9 Å². The summed E-state index contributed by atoms with van der Waals surface area (Å²) in [6.45, 7) is 3.96. The molecule has 1 aromatic carbocycles. The van der Waals surface area contributed by atoms with E-state index in [1.165, 1.54) is 0 Å². The first-order chi connectivity index (χ1) is 12.1. The first kappa shape index (κ1) is 17.7. The van der Waals surface area contributed by atoms with Gasteiger partial charge in [-0.2, -0.15) is 0 Å². The van der Waals surface area contributed by atoms with Gasteiger partial charge in [0.15, 0.2) is 0 Å². The number of ether oxygens (including phenoxy) is 2. The van der Waals surface area contributed by atoms with Gasteiger partial charge in [-0.25, -0.2) is 0 Å². The number of nitrogens with zero attached hydrogens (tertiary/aromatic N) is 1. The minimum atomic E-state index is -0.722. The van der Waals surface area contributed by atoms with Gasteiger partial charge in [-0.15, -0.1) is 0 Å². The number of fused-ring (bicyclic) bond motifs is 1. The molecular weight excluding hydrogens is 316 g/mol. The van der Waals surface area contributed by atoms with Crippen LogP contribution in [-0.2, 0) is 9.53 Å². The van der Waals surface area contributed by atoms with Crippen molar-refractivity contribution in [1.82, 2.24) is 4.98 Å². The smallest absolute Gasteiger partial charge is 0.256 e. The number of rotatable bonds is 5. The van der Waals surface area contributed by atoms with E-state index in [4.69, 9.17) is 9.47 Å². The summed E-state index contributed by atoms with van der Waals surface area (Å²) in [5.74, 6) is 0.653. The molecule has 0 unspecified atom stereocenters. The molecule has 1 aliphatic carbocycles. The van der Waals surface area contributed by atoms with E-state index in [0.29, 0.717) is 0 Å². The van der Waals surface area contributed by atoms with Gasteiger partial charge in [0.2, 0.25) is 0 Å². The van der Waals surface area contributed by atoms with Crippen molar-refractivity contribution in [2.75, 3.05) is 12.4 Å². The fraction of sp³-hybridized carbons (Fsp3) is 0.500. The standard InChI is InChI=1S/C20H26N2O3/c1-14(2)25-17-10-9-16(15-8-7-13-21-18(15)17)22-19(23)20(24-3)11-5-4-6-12-20/h7-10,13-14H,4-6,11-12H2,1-3H3,(H,22,23). The molecule has 1 aromatic heterocycles. The maximum atomic E-state index is 12.9. The zero-order valence-corrected chi connectivity index (χ0v) is 15.2. The molecule has 2 aromatic rings. The second kappa shape index (κ2) is 7.40. The Bertz CT molecular complexity index is 752. The highest BCUT2D eigenvalue weighted by Crippen LogP contribution is 2.35. The molecule has 0 saturated heterocycles. The molecule has 5 heteroatoms. The van der Waals surface area contributed by atoms with E-state index >= 15 is 0 Å². The van der Waals surface area contributed by atoms with E-state index < -0.39 is 5.60 Å². The van der Waals surface area contributed by atoms with Crippen LogP contribution in [0.3, 0.4) is 0 Å². The monoisotopic (exact) mass is 342 g/mol. The molecule has 25 heavy (non-hydrogen) atoms. The summed E-state index contributed by atoms with van der Waals surface area (Å²) >= 11 is 0. The quantitative estimate of drug-likeness (QED) is 0.879. The fourth-order valence-electron chi connectivity index (χ4n) is 3.49. The third-order valence-electron chi connectivity index (χ3n) is 4.81. The van der Waals surface area contributed by atoms with Gasteiger partial charge >= 0.3 is 0 Å². The van der Waals surface area contributed by atoms with Crippen LogP contribution in [-0.4, -0.2) is 29.7 Å². The Morgan fingerprint density at radius 1 is 1.20 bits per heavy atom. The summed E-state index contributed by atoms with van der Waals surface area (Å²) in [5.41, 5.74) is 0.773. The first-order valence-corrected chi connectivity index (χ1v) is 8.97. The maximum Gasteiger partial charge on any atom is 0.256 e. The number of aromatic nitrogens is 1. The Balaban J connectivity index is 1.92. The van der Waals surface area contributed by atoms with E-state index in [-0.39, 0.29) is 12.0 Å². The molecule has 1 fully saturated rings. The Labute approximate surface area is 148 Å². The largest absolute Gasteiger partial charge is 0.489 e. The second-order valence-electron chi connectivity index (χ2n) is 6.89. The Hall–Kier alpha value is -2.14. The molecule has 134 valence electrons. The van der Waals surface area contributed by atoms with Gasteiger partial charge in [0.05, 0.1) is 11.8 Å². The van der Waals surface area contributed by atoms with Crippen molar-refractivity contribution in [3.8, 4) is 5.75 Å². The van der Waals surface area contributed by atoms with Crippen LogP contribution in [0.25, 0.3) is 10.9 Å². The van der Waals surface area contributed by atoms with Crippen LogP contribution in [0.1, 0.15) is 46.0 Å². The molecule has 0 atom stereocenters. The van der Waals surface area contributed by atoms with Gasteiger partial charge < -0.3 is 14.8 Å². The average Bonchev–Trinajstić information content (AvgIpc) is 2.64. The van der Waals surface area contributed by atoms with Crippen molar-refractivity contribution in [3.63, 3.8) is 0 Å². The topological polar surface area (TPSA) is 60.5 Å². The molecule has 0 aliphatic heterocycles. The van der Waals surface area contributed by atoms with Crippen LogP contribution in [0.4, 0.5) is 5.69 Å². The molecule has 5 nitrogen and oxygen atoms in total. The summed E-state index contributed by atoms with van der Waals surface area (Å²) in [7, 11) is 1.63. The van der Waals surface area contributed by atoms with Crippen LogP contribution in [0.5, 0.6) is 5.75 Å². The Morgan fingerprint density at radius 3 is 2.64 bits per heavy atom. The number of hydrogen-bond acceptors (Lipinski definition) is 4. The maximum absolute atomic E-state index is 12.9. The molecule has 3 rings (SSSR count). The molecule has 1 heterocycles. The minimum Gasteiger partial charge on any atom is -0.489 e. The molecule has 1 aliphatic rings. The fourth-order valence-corrected chi connectivity index (χ4v) is 3.49. The van der Waals surface area contributed by atoms with Crippen LogP contribution in [0, 0.1) is 0 Å². The molecule has 0 bridgehead atoms. The molecule has 1 N–H and O–H groups in total. The van der Waals surface area contributed by atoms with E-state index in [2.05, 4.69) is 10.3 Å². The molecule has 0 radical (unpaired) electrons. The predicted molar refractivity (Wildman–Crippen MR) is 99.0 cm³/mol. The highest BCUT2D eigenvalue weighted by molar-refractivity contribution is 6.05. The van der Waals surface area contributed by atoms with Crippen LogP contribution in [0.15, 0.2) is 30.5 Å². The lowest BCUT2D eigenvalue weighted by molar-refractivity contribution is -0.141. The molecule has 1 amide bonds. The number of anilines is 1. The van der Waals surface area contributed by atoms with Gasteiger partial charge in [-0.3, -0.25) is 9.78 Å². The van der Waals surface area contributed by atoms with Crippen molar-refractivity contribution in [3.05, 3.63) is 30.5 Å². The van der Waals surface area contributed by atoms with E-state index in [1.807, 2.05) is 38.1 Å². The van der Waals surface area contributed by atoms with Crippen LogP contribution < -0.4 is 10.1 Å². The minimum absolute atomic E-state index is 0.0599. The highest BCUT2D eigenvalue weighted by Gasteiger charge is 2.39. The zero-order chi connectivity index (χ0) is 17.9. The Kier molecular flexibility index (Phi) is 5.23. The second-order valence-corrected chi connectivity index (χ2v) is 6.89. The highest BCUT2D eigenvalue weighted by atomic mass is 16.5. The lowest BCUT2D eigenvalue weighted by atomic mass is 9.84. The number of methoxy groups -OCH3 is 1. The van der Waals surface area contributed by atoms with Crippen LogP contribution in [0.2, 0.25) is 0 Å². The number of hydrogen-bond donors (Lipinski definition) is 1. The Morgan fingerprint density at radius 2 is 1.96 bits per heavy atom. The van der Waals surface area contributed by atoms with Crippen molar-refractivity contribution in [2.24, 2.45) is 0 Å². The third kappa shape index (κ3) is 3.61. The lowest BCUT2D eigenvalue weighted by Gasteiger charge is -2.34. The van der Waals surface area contributed by atoms with Gasteiger partial charge in [0.25, 0.3) is 5.91 Å². The SMILES string of the molecule is COC1(C(=O)Nc2ccc(OC(C)C)c3ncccc23)CCCCC1. The number of carbonyl (C=O) groups is 1. The number of nitrogens with one attached hydrogen (secondary N) is 1. The van der Waals surface area contributed by atoms with Crippen LogP contribution >= 0.6 is 0 Å². The number of pyridine rings is 1. The predicted octanol–water partition coefficient (Wildman–Crippen LogP) is 4.31. The van der Waals surface area contributed by atoms with Gasteiger partial charge in [-0.05, 0) is 51.0 Å². The lowest BCUT2D eigenvalue weighted by Crippen LogP contribution is -2.46. The van der Waals surface area contributed by atoms with Crippen molar-refractivity contribution in [1.29, 1.82) is 0 Å². The van der Waals surface area contributed by atoms with E-state index in [9.17, 15) is 4.79 Å². The number of carbonyl (C=O) groups excluding carboxylic acids is 1. The third-order valence-corrected chi connectivity index (χ3v) is 4.81. The summed E-state index contributed by atoms with van der Waals surface area (Å²) in [6, 6.07) is 7.56. The normalized spacial score (nSPS) is 16.8. The average molecular weight is 342 g/mol. The summed E-state index contributed by atoms with van der Waals surface area (Å²) in [6.07, 6.45) is 6.52. The summed E-state index contributed by atoms with van der Waals surface area (Å²) in [4.78, 5) is 17.4. The molecule has 0 spiro atoms. The molecular formula is C20H26N2O3. The van der Waals surface area contributed by atoms with Crippen molar-refractivity contribution in [2.45, 2.75) is 57.7 Å². The summed E-state index contributed by atoms with van der Waals surface area (Å²) in [5, 5.41) is 3.94. The van der Waals surface area contributed by atoms with Crippen molar-refractivity contribution >= 4 is 22.5 Å². The first-order valence-electron chi connectivity index (χ1n) is 8.97. The number of amides is 1. The number of benzene rings is 1. The van der Waals surface area contributed by atoms with Gasteiger partial charge in [-0.1, -0.05) is 19.3 Å². The van der Waals surface area contributed by atoms with E-state index in [1.54, 1.807) is 13.3 Å². The zero-order valence-electron chi connectivity index (χ0n) is 15.2. The molecule has 1 saturated carbocycles. The summed E-state index contributed by atoms with van der Waals surface area (Å²) < 4.78 is 11.5. The van der Waals surface area contributed by atoms with E-state index in [0.717, 1.165) is 54.4 Å².